The van der Waals surface area contributed by atoms with Gasteiger partial charge in [0.25, 0.3) is 5.91 Å². The highest BCUT2D eigenvalue weighted by Gasteiger charge is 2.18. The van der Waals surface area contributed by atoms with Crippen LogP contribution in [0.5, 0.6) is 11.5 Å². The maximum Gasteiger partial charge on any atom is 0.265 e. The Labute approximate surface area is 162 Å². The second-order valence-corrected chi connectivity index (χ2v) is 6.66. The van der Waals surface area contributed by atoms with E-state index in [1.807, 2.05) is 48.7 Å². The van der Waals surface area contributed by atoms with Gasteiger partial charge in [0.2, 0.25) is 0 Å². The minimum atomic E-state index is -0.686. The predicted molar refractivity (Wildman–Crippen MR) is 108 cm³/mol. The molecule has 3 N–H and O–H groups in total. The van der Waals surface area contributed by atoms with Crippen LogP contribution in [0.3, 0.4) is 0 Å². The summed E-state index contributed by atoms with van der Waals surface area (Å²) in [5, 5.41) is 5.19. The van der Waals surface area contributed by atoms with Crippen molar-refractivity contribution in [1.29, 1.82) is 0 Å². The summed E-state index contributed by atoms with van der Waals surface area (Å²) < 4.78 is 11.3. The lowest BCUT2D eigenvalue weighted by atomic mass is 10.1. The predicted octanol–water partition coefficient (Wildman–Crippen LogP) is 4.20. The van der Waals surface area contributed by atoms with Gasteiger partial charge in [-0.2, -0.15) is 0 Å². The van der Waals surface area contributed by atoms with Crippen LogP contribution < -0.4 is 20.5 Å². The zero-order valence-electron chi connectivity index (χ0n) is 15.1. The van der Waals surface area contributed by atoms with Crippen molar-refractivity contribution in [2.45, 2.75) is 20.0 Å². The lowest BCUT2D eigenvalue weighted by Crippen LogP contribution is -2.30. The van der Waals surface area contributed by atoms with Crippen molar-refractivity contribution in [3.63, 3.8) is 0 Å². The Balaban J connectivity index is 1.68. The maximum atomic E-state index is 12.5. The molecule has 0 aliphatic rings. The molecule has 27 heavy (non-hydrogen) atoms. The highest BCUT2D eigenvalue weighted by molar-refractivity contribution is 7.13. The minimum Gasteiger partial charge on any atom is -0.494 e. The number of para-hydroxylation sites is 1. The van der Waals surface area contributed by atoms with E-state index in [9.17, 15) is 4.79 Å². The molecule has 0 fully saturated rings. The zero-order valence-corrected chi connectivity index (χ0v) is 16.0. The van der Waals surface area contributed by atoms with Crippen LogP contribution in [0.1, 0.15) is 13.8 Å². The normalized spacial score (nSPS) is 11.6. The number of nitrogens with two attached hydrogens (primary N) is 1. The van der Waals surface area contributed by atoms with Gasteiger partial charge >= 0.3 is 0 Å². The van der Waals surface area contributed by atoms with Crippen molar-refractivity contribution < 1.29 is 14.3 Å². The molecule has 0 radical (unpaired) electrons. The smallest absolute Gasteiger partial charge is 0.265 e. The van der Waals surface area contributed by atoms with Crippen molar-refractivity contribution in [3.8, 4) is 22.8 Å². The number of benzene rings is 2. The average Bonchev–Trinajstić information content (AvgIpc) is 3.10. The first kappa shape index (κ1) is 18.7. The summed E-state index contributed by atoms with van der Waals surface area (Å²) in [6.45, 7) is 4.23. The molecule has 1 aromatic heterocycles. The van der Waals surface area contributed by atoms with E-state index in [1.54, 1.807) is 19.1 Å². The summed E-state index contributed by atoms with van der Waals surface area (Å²) in [5.74, 6) is 1.10. The van der Waals surface area contributed by atoms with Crippen molar-refractivity contribution in [2.75, 3.05) is 17.7 Å². The largest absolute Gasteiger partial charge is 0.494 e. The summed E-state index contributed by atoms with van der Waals surface area (Å²) in [7, 11) is 0. The van der Waals surface area contributed by atoms with Crippen LogP contribution in [-0.4, -0.2) is 23.6 Å². The number of carbonyl (C=O) groups is 1. The van der Waals surface area contributed by atoms with Crippen molar-refractivity contribution in [2.24, 2.45) is 0 Å². The molecule has 1 unspecified atom stereocenters. The van der Waals surface area contributed by atoms with Gasteiger partial charge in [0.15, 0.2) is 11.2 Å². The van der Waals surface area contributed by atoms with Gasteiger partial charge in [0.05, 0.1) is 12.3 Å². The van der Waals surface area contributed by atoms with Crippen molar-refractivity contribution >= 4 is 28.1 Å². The number of hydrogen-bond acceptors (Lipinski definition) is 6. The molecule has 3 rings (SSSR count). The van der Waals surface area contributed by atoms with Gasteiger partial charge in [0.1, 0.15) is 11.5 Å². The van der Waals surface area contributed by atoms with Crippen LogP contribution in [0.15, 0.2) is 53.9 Å². The Morgan fingerprint density at radius 3 is 2.63 bits per heavy atom. The Morgan fingerprint density at radius 1 is 1.22 bits per heavy atom. The number of carbonyl (C=O) groups excluding carboxylic acids is 1. The first-order valence-electron chi connectivity index (χ1n) is 8.57. The van der Waals surface area contributed by atoms with Crippen molar-refractivity contribution in [3.05, 3.63) is 53.9 Å². The third kappa shape index (κ3) is 4.77. The molecule has 7 heteroatoms. The third-order valence-corrected chi connectivity index (χ3v) is 4.46. The van der Waals surface area contributed by atoms with Gasteiger partial charge < -0.3 is 20.5 Å². The second kappa shape index (κ2) is 8.55. The molecule has 2 aromatic carbocycles. The summed E-state index contributed by atoms with van der Waals surface area (Å²) >= 11 is 1.36. The first-order valence-corrected chi connectivity index (χ1v) is 9.45. The van der Waals surface area contributed by atoms with Gasteiger partial charge in [0, 0.05) is 16.6 Å². The van der Waals surface area contributed by atoms with Crippen LogP contribution in [0.2, 0.25) is 0 Å². The number of nitrogens with one attached hydrogen (secondary N) is 1. The monoisotopic (exact) mass is 383 g/mol. The number of ether oxygens (including phenoxy) is 2. The van der Waals surface area contributed by atoms with Crippen LogP contribution in [0.4, 0.5) is 10.8 Å². The fraction of sp³-hybridized carbons (Fsp3) is 0.200. The molecule has 0 saturated carbocycles. The number of aromatic nitrogens is 1. The summed E-state index contributed by atoms with van der Waals surface area (Å²) in [6, 6.07) is 14.7. The molecule has 0 bridgehead atoms. The van der Waals surface area contributed by atoms with Gasteiger partial charge in [-0.1, -0.05) is 12.1 Å². The Morgan fingerprint density at radius 2 is 1.96 bits per heavy atom. The van der Waals surface area contributed by atoms with Crippen LogP contribution in [0, 0.1) is 0 Å². The fourth-order valence-electron chi connectivity index (χ4n) is 2.48. The Kier molecular flexibility index (Phi) is 5.93. The maximum absolute atomic E-state index is 12.5. The van der Waals surface area contributed by atoms with E-state index < -0.39 is 6.10 Å². The van der Waals surface area contributed by atoms with Crippen LogP contribution in [-0.2, 0) is 4.79 Å². The van der Waals surface area contributed by atoms with E-state index in [1.165, 1.54) is 11.3 Å². The Bertz CT molecular complexity index is 909. The van der Waals surface area contributed by atoms with Crippen LogP contribution in [0.25, 0.3) is 11.3 Å². The topological polar surface area (TPSA) is 86.5 Å². The number of nitrogen functional groups attached to an aromatic ring is 1. The van der Waals surface area contributed by atoms with Gasteiger partial charge in [-0.05, 0) is 50.2 Å². The second-order valence-electron chi connectivity index (χ2n) is 5.77. The van der Waals surface area contributed by atoms with Gasteiger partial charge in [-0.3, -0.25) is 4.79 Å². The van der Waals surface area contributed by atoms with E-state index in [2.05, 4.69) is 10.3 Å². The average molecular weight is 383 g/mol. The number of anilines is 2. The fourth-order valence-corrected chi connectivity index (χ4v) is 3.04. The lowest BCUT2D eigenvalue weighted by Gasteiger charge is -2.17. The molecule has 6 nitrogen and oxygen atoms in total. The minimum absolute atomic E-state index is 0.244. The van der Waals surface area contributed by atoms with Gasteiger partial charge in [-0.15, -0.1) is 11.3 Å². The lowest BCUT2D eigenvalue weighted by molar-refractivity contribution is -0.122. The van der Waals surface area contributed by atoms with E-state index in [0.29, 0.717) is 23.2 Å². The molecule has 0 spiro atoms. The number of thiazole rings is 1. The van der Waals surface area contributed by atoms with E-state index in [4.69, 9.17) is 15.2 Å². The Hall–Kier alpha value is -3.06. The van der Waals surface area contributed by atoms with Gasteiger partial charge in [-0.25, -0.2) is 4.98 Å². The number of amides is 1. The molecule has 1 heterocycles. The summed E-state index contributed by atoms with van der Waals surface area (Å²) in [4.78, 5) is 16.8. The molecule has 3 aromatic rings. The molecule has 1 amide bonds. The number of nitrogens with zero attached hydrogens (tertiary/aromatic N) is 1. The van der Waals surface area contributed by atoms with Crippen molar-refractivity contribution in [1.82, 2.24) is 4.98 Å². The number of hydrogen-bond donors (Lipinski definition) is 2. The van der Waals surface area contributed by atoms with E-state index in [-0.39, 0.29) is 5.91 Å². The molecule has 140 valence electrons. The molecule has 0 saturated heterocycles. The zero-order chi connectivity index (χ0) is 19.2. The van der Waals surface area contributed by atoms with Crippen LogP contribution >= 0.6 is 11.3 Å². The standard InChI is InChI=1S/C20H21N3O3S/c1-3-25-15-10-8-14(9-11-15)22-19(24)13(2)26-18-7-5-4-6-16(18)17-12-27-20(21)23-17/h4-13H,3H2,1-2H3,(H2,21,23)(H,22,24). The summed E-state index contributed by atoms with van der Waals surface area (Å²) in [5.41, 5.74) is 7.93. The quantitative estimate of drug-likeness (QED) is 0.639. The molecule has 1 atom stereocenters. The highest BCUT2D eigenvalue weighted by atomic mass is 32.1. The van der Waals surface area contributed by atoms with E-state index in [0.717, 1.165) is 17.0 Å². The van der Waals surface area contributed by atoms with E-state index >= 15 is 0 Å². The number of rotatable bonds is 7. The first-order chi connectivity index (χ1) is 13.1. The summed E-state index contributed by atoms with van der Waals surface area (Å²) in [6.07, 6.45) is -0.686. The molecular formula is C20H21N3O3S. The SMILES string of the molecule is CCOc1ccc(NC(=O)C(C)Oc2ccccc2-c2csc(N)n2)cc1. The molecule has 0 aliphatic carbocycles. The molecule has 0 aliphatic heterocycles. The highest BCUT2D eigenvalue weighted by Crippen LogP contribution is 2.32. The third-order valence-electron chi connectivity index (χ3n) is 3.79. The molecular weight excluding hydrogens is 362 g/mol.